The molecule has 3 rings (SSSR count). The van der Waals surface area contributed by atoms with Gasteiger partial charge in [-0.05, 0) is 19.1 Å². The molecule has 1 aromatic heterocycles. The summed E-state index contributed by atoms with van der Waals surface area (Å²) in [6.45, 7) is 2.99. The van der Waals surface area contributed by atoms with Crippen molar-refractivity contribution >= 4 is 5.82 Å². The Kier molecular flexibility index (Phi) is 3.28. The Morgan fingerprint density at radius 1 is 1.25 bits per heavy atom. The first-order valence-electron chi connectivity index (χ1n) is 6.36. The van der Waals surface area contributed by atoms with E-state index in [9.17, 15) is 0 Å². The molecule has 20 heavy (non-hydrogen) atoms. The summed E-state index contributed by atoms with van der Waals surface area (Å²) in [7, 11) is 1.60. The van der Waals surface area contributed by atoms with Crippen LogP contribution in [0.5, 0.6) is 17.2 Å². The van der Waals surface area contributed by atoms with E-state index in [-0.39, 0.29) is 6.79 Å². The van der Waals surface area contributed by atoms with E-state index in [1.54, 1.807) is 19.5 Å². The summed E-state index contributed by atoms with van der Waals surface area (Å²) in [6.07, 6.45) is 3.32. The highest BCUT2D eigenvalue weighted by atomic mass is 16.7. The van der Waals surface area contributed by atoms with E-state index in [1.165, 1.54) is 0 Å². The minimum absolute atomic E-state index is 0.204. The van der Waals surface area contributed by atoms with Crippen LogP contribution in [-0.2, 0) is 0 Å². The van der Waals surface area contributed by atoms with Crippen molar-refractivity contribution in [1.82, 2.24) is 9.97 Å². The first-order chi connectivity index (χ1) is 9.83. The number of hydrogen-bond acceptors (Lipinski definition) is 6. The van der Waals surface area contributed by atoms with Gasteiger partial charge in [0.15, 0.2) is 17.3 Å². The topological polar surface area (TPSA) is 65.5 Å². The molecule has 2 aromatic rings. The number of hydrogen-bond donors (Lipinski definition) is 1. The van der Waals surface area contributed by atoms with Crippen LogP contribution in [-0.4, -0.2) is 30.4 Å². The smallest absolute Gasteiger partial charge is 0.231 e. The summed E-state index contributed by atoms with van der Waals surface area (Å²) in [4.78, 5) is 8.70. The quantitative estimate of drug-likeness (QED) is 0.922. The molecule has 0 radical (unpaired) electrons. The lowest BCUT2D eigenvalue weighted by Crippen LogP contribution is -2.02. The van der Waals surface area contributed by atoms with Crippen LogP contribution in [0.2, 0.25) is 0 Å². The zero-order chi connectivity index (χ0) is 13.9. The van der Waals surface area contributed by atoms with E-state index in [2.05, 4.69) is 15.3 Å². The maximum atomic E-state index is 5.43. The van der Waals surface area contributed by atoms with Crippen molar-refractivity contribution in [2.45, 2.75) is 6.92 Å². The summed E-state index contributed by atoms with van der Waals surface area (Å²) >= 11 is 0. The Hall–Kier alpha value is -2.50. The number of ether oxygens (including phenoxy) is 3. The first-order valence-corrected chi connectivity index (χ1v) is 6.36. The Balaban J connectivity index is 2.11. The van der Waals surface area contributed by atoms with Crippen LogP contribution in [0.4, 0.5) is 5.82 Å². The van der Waals surface area contributed by atoms with Gasteiger partial charge in [-0.2, -0.15) is 0 Å². The lowest BCUT2D eigenvalue weighted by atomic mass is 10.1. The molecule has 1 aliphatic rings. The number of aromatic nitrogens is 2. The molecule has 104 valence electrons. The van der Waals surface area contributed by atoms with Crippen molar-refractivity contribution in [3.63, 3.8) is 0 Å². The van der Waals surface area contributed by atoms with Crippen LogP contribution in [0.25, 0.3) is 11.3 Å². The molecule has 0 aliphatic carbocycles. The Morgan fingerprint density at radius 2 is 2.10 bits per heavy atom. The van der Waals surface area contributed by atoms with Crippen LogP contribution in [0.3, 0.4) is 0 Å². The van der Waals surface area contributed by atoms with Crippen LogP contribution in [0.15, 0.2) is 24.5 Å². The van der Waals surface area contributed by atoms with E-state index in [0.29, 0.717) is 17.2 Å². The highest BCUT2D eigenvalue weighted by molar-refractivity contribution is 5.76. The van der Waals surface area contributed by atoms with Gasteiger partial charge in [-0.25, -0.2) is 4.98 Å². The van der Waals surface area contributed by atoms with Gasteiger partial charge in [0.1, 0.15) is 5.69 Å². The molecule has 0 saturated heterocycles. The molecule has 2 heterocycles. The van der Waals surface area contributed by atoms with Crippen molar-refractivity contribution in [2.24, 2.45) is 0 Å². The molecule has 0 fully saturated rings. The lowest BCUT2D eigenvalue weighted by Gasteiger charge is -2.11. The van der Waals surface area contributed by atoms with Crippen molar-refractivity contribution in [1.29, 1.82) is 0 Å². The Labute approximate surface area is 116 Å². The Bertz CT molecular complexity index is 631. The van der Waals surface area contributed by atoms with Gasteiger partial charge in [0.25, 0.3) is 0 Å². The van der Waals surface area contributed by atoms with Gasteiger partial charge in [-0.15, -0.1) is 0 Å². The average Bonchev–Trinajstić information content (AvgIpc) is 2.95. The second-order valence-corrected chi connectivity index (χ2v) is 4.20. The monoisotopic (exact) mass is 273 g/mol. The van der Waals surface area contributed by atoms with Crippen LogP contribution < -0.4 is 19.5 Å². The van der Waals surface area contributed by atoms with Gasteiger partial charge in [0, 0.05) is 24.5 Å². The molecule has 6 heteroatoms. The molecule has 6 nitrogen and oxygen atoms in total. The number of fused-ring (bicyclic) bond motifs is 1. The predicted octanol–water partition coefficient (Wildman–Crippen LogP) is 2.31. The van der Waals surface area contributed by atoms with E-state index >= 15 is 0 Å². The molecule has 1 N–H and O–H groups in total. The number of benzene rings is 1. The molecule has 0 atom stereocenters. The fourth-order valence-corrected chi connectivity index (χ4v) is 2.11. The zero-order valence-corrected chi connectivity index (χ0v) is 11.3. The maximum absolute atomic E-state index is 5.43. The molecule has 0 spiro atoms. The third-order valence-corrected chi connectivity index (χ3v) is 2.97. The molecule has 0 unspecified atom stereocenters. The normalized spacial score (nSPS) is 12.3. The van der Waals surface area contributed by atoms with Gasteiger partial charge in [-0.3, -0.25) is 4.98 Å². The molecular formula is C14H15N3O3. The fraction of sp³-hybridized carbons (Fsp3) is 0.286. The van der Waals surface area contributed by atoms with E-state index in [4.69, 9.17) is 14.2 Å². The minimum Gasteiger partial charge on any atom is -0.493 e. The first kappa shape index (κ1) is 12.5. The molecule has 1 aliphatic heterocycles. The summed E-state index contributed by atoms with van der Waals surface area (Å²) in [5.41, 5.74) is 1.63. The average molecular weight is 273 g/mol. The molecule has 0 saturated carbocycles. The van der Waals surface area contributed by atoms with Crippen LogP contribution in [0, 0.1) is 0 Å². The number of methoxy groups -OCH3 is 1. The fourth-order valence-electron chi connectivity index (χ4n) is 2.11. The highest BCUT2D eigenvalue weighted by Gasteiger charge is 2.22. The van der Waals surface area contributed by atoms with Gasteiger partial charge in [0.2, 0.25) is 12.5 Å². The van der Waals surface area contributed by atoms with E-state index < -0.39 is 0 Å². The second kappa shape index (κ2) is 5.24. The van der Waals surface area contributed by atoms with Gasteiger partial charge >= 0.3 is 0 Å². The highest BCUT2D eigenvalue weighted by Crippen LogP contribution is 2.44. The summed E-state index contributed by atoms with van der Waals surface area (Å²) < 4.78 is 16.2. The van der Waals surface area contributed by atoms with E-state index in [1.807, 2.05) is 19.1 Å². The van der Waals surface area contributed by atoms with Gasteiger partial charge < -0.3 is 19.5 Å². The summed E-state index contributed by atoms with van der Waals surface area (Å²) in [5, 5.41) is 3.19. The number of rotatable bonds is 4. The van der Waals surface area contributed by atoms with Crippen molar-refractivity contribution < 1.29 is 14.2 Å². The van der Waals surface area contributed by atoms with Crippen LogP contribution >= 0.6 is 0 Å². The zero-order valence-electron chi connectivity index (χ0n) is 11.3. The van der Waals surface area contributed by atoms with Gasteiger partial charge in [-0.1, -0.05) is 0 Å². The predicted molar refractivity (Wildman–Crippen MR) is 74.3 cm³/mol. The SMILES string of the molecule is CCNc1nccnc1-c1cc(OC)c2c(c1)OCO2. The third-order valence-electron chi connectivity index (χ3n) is 2.97. The largest absolute Gasteiger partial charge is 0.493 e. The van der Waals surface area contributed by atoms with E-state index in [0.717, 1.165) is 23.6 Å². The molecule has 0 amide bonds. The molecule has 0 bridgehead atoms. The summed E-state index contributed by atoms with van der Waals surface area (Å²) in [6, 6.07) is 3.76. The van der Waals surface area contributed by atoms with Crippen molar-refractivity contribution in [3.05, 3.63) is 24.5 Å². The third kappa shape index (κ3) is 2.09. The number of nitrogens with zero attached hydrogens (tertiary/aromatic N) is 2. The maximum Gasteiger partial charge on any atom is 0.231 e. The molecule has 1 aromatic carbocycles. The second-order valence-electron chi connectivity index (χ2n) is 4.20. The Morgan fingerprint density at radius 3 is 2.90 bits per heavy atom. The number of nitrogens with one attached hydrogen (secondary N) is 1. The summed E-state index contributed by atoms with van der Waals surface area (Å²) in [5.74, 6) is 2.65. The minimum atomic E-state index is 0.204. The lowest BCUT2D eigenvalue weighted by molar-refractivity contribution is 0.171. The van der Waals surface area contributed by atoms with Crippen molar-refractivity contribution in [2.75, 3.05) is 25.8 Å². The number of anilines is 1. The van der Waals surface area contributed by atoms with Crippen LogP contribution in [0.1, 0.15) is 6.92 Å². The van der Waals surface area contributed by atoms with Crippen molar-refractivity contribution in [3.8, 4) is 28.5 Å². The standard InChI is InChI=1S/C14H15N3O3/c1-3-15-14-12(16-4-5-17-14)9-6-10(18-2)13-11(7-9)19-8-20-13/h4-7H,3,8H2,1-2H3,(H,15,17). The van der Waals surface area contributed by atoms with Gasteiger partial charge in [0.05, 0.1) is 7.11 Å². The molecular weight excluding hydrogens is 258 g/mol.